The van der Waals surface area contributed by atoms with Gasteiger partial charge in [0, 0.05) is 19.0 Å². The zero-order valence-electron chi connectivity index (χ0n) is 15.0. The summed E-state index contributed by atoms with van der Waals surface area (Å²) in [6.07, 6.45) is 2.45. The molecular formula is C18H25N5O2. The lowest BCUT2D eigenvalue weighted by molar-refractivity contribution is -0.116. The van der Waals surface area contributed by atoms with Crippen LogP contribution in [0.15, 0.2) is 24.3 Å². The van der Waals surface area contributed by atoms with E-state index in [1.807, 2.05) is 42.8 Å². The number of benzene rings is 1. The number of carbonyl (C=O) groups is 1. The topological polar surface area (TPSA) is 81.1 Å². The van der Waals surface area contributed by atoms with Crippen molar-refractivity contribution < 1.29 is 9.53 Å². The van der Waals surface area contributed by atoms with E-state index in [-0.39, 0.29) is 18.0 Å². The van der Waals surface area contributed by atoms with E-state index in [2.05, 4.69) is 20.7 Å². The first-order chi connectivity index (χ1) is 12.1. The van der Waals surface area contributed by atoms with E-state index in [1.165, 1.54) is 0 Å². The number of anilines is 1. The van der Waals surface area contributed by atoms with E-state index in [9.17, 15) is 4.79 Å². The number of methoxy groups -OCH3 is 1. The highest BCUT2D eigenvalue weighted by atomic mass is 16.5. The SMILES string of the molecule is COc1ccccc1NC(=O)C[C@@H](C)N[C@@H]1CCCn2nc(C)nc21. The molecule has 0 unspecified atom stereocenters. The zero-order valence-corrected chi connectivity index (χ0v) is 15.0. The van der Waals surface area contributed by atoms with Gasteiger partial charge in [0.1, 0.15) is 17.4 Å². The predicted octanol–water partition coefficient (Wildman–Crippen LogP) is 2.44. The molecule has 25 heavy (non-hydrogen) atoms. The molecule has 0 aliphatic carbocycles. The van der Waals surface area contributed by atoms with Gasteiger partial charge in [0.05, 0.1) is 18.8 Å². The maximum atomic E-state index is 12.3. The third-order valence-electron chi connectivity index (χ3n) is 4.34. The molecule has 1 aliphatic heterocycles. The summed E-state index contributed by atoms with van der Waals surface area (Å²) in [5, 5.41) is 10.9. The lowest BCUT2D eigenvalue weighted by Crippen LogP contribution is -2.37. The van der Waals surface area contributed by atoms with E-state index >= 15 is 0 Å². The van der Waals surface area contributed by atoms with E-state index in [0.717, 1.165) is 31.0 Å². The minimum Gasteiger partial charge on any atom is -0.495 e. The lowest BCUT2D eigenvalue weighted by Gasteiger charge is -2.26. The first-order valence-electron chi connectivity index (χ1n) is 8.67. The average Bonchev–Trinajstić information content (AvgIpc) is 2.96. The molecule has 0 saturated carbocycles. The monoisotopic (exact) mass is 343 g/mol. The molecule has 134 valence electrons. The second kappa shape index (κ2) is 7.65. The number of nitrogens with one attached hydrogen (secondary N) is 2. The van der Waals surface area contributed by atoms with Crippen molar-refractivity contribution >= 4 is 11.6 Å². The molecular weight excluding hydrogens is 318 g/mol. The highest BCUT2D eigenvalue weighted by Crippen LogP contribution is 2.25. The first-order valence-corrected chi connectivity index (χ1v) is 8.67. The van der Waals surface area contributed by atoms with Crippen LogP contribution in [0.5, 0.6) is 5.75 Å². The Balaban J connectivity index is 1.57. The molecule has 2 aromatic rings. The first kappa shape index (κ1) is 17.4. The van der Waals surface area contributed by atoms with E-state index in [0.29, 0.717) is 17.9 Å². The van der Waals surface area contributed by atoms with Crippen molar-refractivity contribution in [3.63, 3.8) is 0 Å². The Kier molecular flexibility index (Phi) is 5.33. The van der Waals surface area contributed by atoms with Crippen LogP contribution in [0.2, 0.25) is 0 Å². The summed E-state index contributed by atoms with van der Waals surface area (Å²) in [4.78, 5) is 16.9. The van der Waals surface area contributed by atoms with Crippen LogP contribution in [0.4, 0.5) is 5.69 Å². The Labute approximate surface area is 147 Å². The number of ether oxygens (including phenoxy) is 1. The molecule has 2 atom stereocenters. The van der Waals surface area contributed by atoms with Crippen LogP contribution in [0.1, 0.15) is 43.9 Å². The van der Waals surface area contributed by atoms with E-state index < -0.39 is 0 Å². The standard InChI is InChI=1S/C18H25N5O2/c1-12(11-17(24)21-14-7-4-5-9-16(14)25-3)19-15-8-6-10-23-18(15)20-13(2)22-23/h4-5,7,9,12,15,19H,6,8,10-11H2,1-3H3,(H,21,24)/t12-,15-/m1/s1. The van der Waals surface area contributed by atoms with Crippen LogP contribution in [-0.4, -0.2) is 33.8 Å². The summed E-state index contributed by atoms with van der Waals surface area (Å²) >= 11 is 0. The number of amides is 1. The molecule has 1 amide bonds. The number of carbonyl (C=O) groups excluding carboxylic acids is 1. The Morgan fingerprint density at radius 3 is 3.04 bits per heavy atom. The molecule has 7 heteroatoms. The van der Waals surface area contributed by atoms with Crippen LogP contribution in [0.25, 0.3) is 0 Å². The quantitative estimate of drug-likeness (QED) is 0.842. The van der Waals surface area contributed by atoms with Crippen molar-refractivity contribution in [2.75, 3.05) is 12.4 Å². The Hall–Kier alpha value is -2.41. The van der Waals surface area contributed by atoms with Crippen molar-refractivity contribution in [3.8, 4) is 5.75 Å². The fourth-order valence-corrected chi connectivity index (χ4v) is 3.26. The Bertz CT molecular complexity index is 743. The molecule has 1 aromatic carbocycles. The number of para-hydroxylation sites is 2. The Morgan fingerprint density at radius 1 is 1.44 bits per heavy atom. The van der Waals surface area contributed by atoms with Crippen LogP contribution in [0.3, 0.4) is 0 Å². The van der Waals surface area contributed by atoms with Crippen molar-refractivity contribution in [1.29, 1.82) is 0 Å². The fraction of sp³-hybridized carbons (Fsp3) is 0.500. The molecule has 0 bridgehead atoms. The van der Waals surface area contributed by atoms with Gasteiger partial charge in [0.25, 0.3) is 0 Å². The third-order valence-corrected chi connectivity index (χ3v) is 4.34. The second-order valence-electron chi connectivity index (χ2n) is 6.46. The van der Waals surface area contributed by atoms with Gasteiger partial charge < -0.3 is 15.4 Å². The largest absolute Gasteiger partial charge is 0.495 e. The van der Waals surface area contributed by atoms with Gasteiger partial charge in [0.2, 0.25) is 5.91 Å². The molecule has 1 aliphatic rings. The van der Waals surface area contributed by atoms with Gasteiger partial charge in [-0.05, 0) is 38.8 Å². The minimum atomic E-state index is -0.0436. The number of hydrogen-bond acceptors (Lipinski definition) is 5. The van der Waals surface area contributed by atoms with E-state index in [4.69, 9.17) is 4.74 Å². The van der Waals surface area contributed by atoms with Crippen LogP contribution in [-0.2, 0) is 11.3 Å². The van der Waals surface area contributed by atoms with Crippen molar-refractivity contribution in [2.24, 2.45) is 0 Å². The summed E-state index contributed by atoms with van der Waals surface area (Å²) < 4.78 is 7.24. The number of aromatic nitrogens is 3. The number of rotatable bonds is 6. The van der Waals surface area contributed by atoms with Gasteiger partial charge in [-0.2, -0.15) is 5.10 Å². The molecule has 0 spiro atoms. The lowest BCUT2D eigenvalue weighted by atomic mass is 10.1. The summed E-state index contributed by atoms with van der Waals surface area (Å²) in [5.74, 6) is 2.39. The molecule has 7 nitrogen and oxygen atoms in total. The normalized spacial score (nSPS) is 17.6. The number of nitrogens with zero attached hydrogens (tertiary/aromatic N) is 3. The smallest absolute Gasteiger partial charge is 0.226 e. The van der Waals surface area contributed by atoms with Crippen molar-refractivity contribution in [1.82, 2.24) is 20.1 Å². The summed E-state index contributed by atoms with van der Waals surface area (Å²) in [6, 6.07) is 7.58. The maximum Gasteiger partial charge on any atom is 0.226 e. The van der Waals surface area contributed by atoms with Gasteiger partial charge in [-0.15, -0.1) is 0 Å². The Morgan fingerprint density at radius 2 is 2.24 bits per heavy atom. The molecule has 0 radical (unpaired) electrons. The average molecular weight is 343 g/mol. The van der Waals surface area contributed by atoms with Crippen molar-refractivity contribution in [2.45, 2.75) is 51.7 Å². The van der Waals surface area contributed by atoms with E-state index in [1.54, 1.807) is 7.11 Å². The van der Waals surface area contributed by atoms with Crippen LogP contribution in [0, 0.1) is 6.92 Å². The fourth-order valence-electron chi connectivity index (χ4n) is 3.26. The summed E-state index contributed by atoms with van der Waals surface area (Å²) in [7, 11) is 1.59. The molecule has 1 aromatic heterocycles. The predicted molar refractivity (Wildman–Crippen MR) is 95.6 cm³/mol. The minimum absolute atomic E-state index is 0.0308. The van der Waals surface area contributed by atoms with Crippen LogP contribution < -0.4 is 15.4 Å². The van der Waals surface area contributed by atoms with Gasteiger partial charge in [-0.3, -0.25) is 4.79 Å². The molecule has 3 rings (SSSR count). The highest BCUT2D eigenvalue weighted by molar-refractivity contribution is 5.92. The summed E-state index contributed by atoms with van der Waals surface area (Å²) in [6.45, 7) is 4.84. The van der Waals surface area contributed by atoms with Gasteiger partial charge in [-0.1, -0.05) is 12.1 Å². The second-order valence-corrected chi connectivity index (χ2v) is 6.46. The zero-order chi connectivity index (χ0) is 17.8. The van der Waals surface area contributed by atoms with Crippen LogP contribution >= 0.6 is 0 Å². The van der Waals surface area contributed by atoms with Crippen molar-refractivity contribution in [3.05, 3.63) is 35.9 Å². The third kappa shape index (κ3) is 4.17. The van der Waals surface area contributed by atoms with Gasteiger partial charge >= 0.3 is 0 Å². The number of fused-ring (bicyclic) bond motifs is 1. The number of hydrogen-bond donors (Lipinski definition) is 2. The summed E-state index contributed by atoms with van der Waals surface area (Å²) in [5.41, 5.74) is 0.690. The molecule has 2 N–H and O–H groups in total. The highest BCUT2D eigenvalue weighted by Gasteiger charge is 2.25. The van der Waals surface area contributed by atoms with Gasteiger partial charge in [-0.25, -0.2) is 9.67 Å². The number of aryl methyl sites for hydroxylation is 2. The molecule has 0 saturated heterocycles. The maximum absolute atomic E-state index is 12.3. The van der Waals surface area contributed by atoms with Gasteiger partial charge in [0.15, 0.2) is 0 Å². The molecule has 0 fully saturated rings. The molecule has 2 heterocycles.